The van der Waals surface area contributed by atoms with E-state index < -0.39 is 11.9 Å². The highest BCUT2D eigenvalue weighted by molar-refractivity contribution is 5.85. The summed E-state index contributed by atoms with van der Waals surface area (Å²) in [5.74, 6) is -1.87. The predicted octanol–water partition coefficient (Wildman–Crippen LogP) is 5.30. The van der Waals surface area contributed by atoms with Gasteiger partial charge in [-0.3, -0.25) is 0 Å². The zero-order chi connectivity index (χ0) is 24.2. The molecule has 174 valence electrons. The standard InChI is InChI=1S/C8H16O.C8H14O.2C4H6O2/c2*1-2-3-4-5-6-7-8-9;2*1-3(2)4(5)6/h2,9H,1,3-8H2;2,6-7,9H,1,3-5,8H2;2*1H2,2H3,(H,5,6). The molecule has 0 bridgehead atoms. The maximum absolute atomic E-state index is 9.60. The van der Waals surface area contributed by atoms with Crippen LogP contribution in [-0.4, -0.2) is 45.6 Å². The highest BCUT2D eigenvalue weighted by Crippen LogP contribution is 2.01. The second-order valence-electron chi connectivity index (χ2n) is 6.26. The van der Waals surface area contributed by atoms with Gasteiger partial charge in [0.25, 0.3) is 0 Å². The van der Waals surface area contributed by atoms with Crippen molar-refractivity contribution < 1.29 is 30.0 Å². The summed E-state index contributed by atoms with van der Waals surface area (Å²) in [6.45, 7) is 16.9. The third-order valence-electron chi connectivity index (χ3n) is 3.10. The van der Waals surface area contributed by atoms with Gasteiger partial charge in [-0.15, -0.1) is 13.2 Å². The lowest BCUT2D eigenvalue weighted by Gasteiger charge is -1.94. The fourth-order valence-corrected chi connectivity index (χ4v) is 1.33. The fourth-order valence-electron chi connectivity index (χ4n) is 1.33. The van der Waals surface area contributed by atoms with Crippen molar-refractivity contribution in [3.05, 3.63) is 61.8 Å². The van der Waals surface area contributed by atoms with E-state index in [1.807, 2.05) is 18.2 Å². The van der Waals surface area contributed by atoms with Gasteiger partial charge in [-0.2, -0.15) is 0 Å². The van der Waals surface area contributed by atoms with Gasteiger partial charge in [0.05, 0.1) is 6.61 Å². The molecule has 0 amide bonds. The van der Waals surface area contributed by atoms with E-state index in [2.05, 4.69) is 26.3 Å². The molecule has 0 rings (SSSR count). The SMILES string of the molecule is C=C(C)C(=O)O.C=C(C)C(=O)O.C=CCCCC=CCO.C=CCCCCCCO. The number of carboxylic acids is 2. The zero-order valence-electron chi connectivity index (χ0n) is 18.8. The number of carbonyl (C=O) groups is 2. The molecule has 4 N–H and O–H groups in total. The summed E-state index contributed by atoms with van der Waals surface area (Å²) < 4.78 is 0. The van der Waals surface area contributed by atoms with Crippen LogP contribution in [0.5, 0.6) is 0 Å². The first-order valence-corrected chi connectivity index (χ1v) is 9.98. The third kappa shape index (κ3) is 50.0. The molecule has 0 atom stereocenters. The maximum Gasteiger partial charge on any atom is 0.330 e. The lowest BCUT2D eigenvalue weighted by molar-refractivity contribution is -0.133. The summed E-state index contributed by atoms with van der Waals surface area (Å²) in [6, 6.07) is 0. The number of rotatable bonds is 13. The Morgan fingerprint density at radius 2 is 1.10 bits per heavy atom. The van der Waals surface area contributed by atoms with E-state index in [1.165, 1.54) is 26.7 Å². The van der Waals surface area contributed by atoms with E-state index in [-0.39, 0.29) is 17.8 Å². The Labute approximate surface area is 182 Å². The van der Waals surface area contributed by atoms with E-state index in [4.69, 9.17) is 20.4 Å². The van der Waals surface area contributed by atoms with Gasteiger partial charge >= 0.3 is 11.9 Å². The fraction of sp³-hybridized carbons (Fsp3) is 0.500. The Hall–Kier alpha value is -2.44. The molecule has 30 heavy (non-hydrogen) atoms. The Morgan fingerprint density at radius 3 is 1.43 bits per heavy atom. The number of carboxylic acid groups (broad SMARTS) is 2. The van der Waals surface area contributed by atoms with Crippen LogP contribution in [0, 0.1) is 0 Å². The van der Waals surface area contributed by atoms with Gasteiger partial charge in [0.1, 0.15) is 0 Å². The second kappa shape index (κ2) is 31.3. The monoisotopic (exact) mass is 426 g/mol. The van der Waals surface area contributed by atoms with Crippen molar-refractivity contribution in [3.63, 3.8) is 0 Å². The normalized spacial score (nSPS) is 8.93. The molecule has 6 nitrogen and oxygen atoms in total. The van der Waals surface area contributed by atoms with Crippen molar-refractivity contribution in [3.8, 4) is 0 Å². The summed E-state index contributed by atoms with van der Waals surface area (Å²) >= 11 is 0. The second-order valence-corrected chi connectivity index (χ2v) is 6.26. The van der Waals surface area contributed by atoms with E-state index in [9.17, 15) is 9.59 Å². The molecule has 0 fully saturated rings. The van der Waals surface area contributed by atoms with Crippen LogP contribution in [-0.2, 0) is 9.59 Å². The lowest BCUT2D eigenvalue weighted by Crippen LogP contribution is -1.92. The molecule has 0 aliphatic rings. The van der Waals surface area contributed by atoms with Crippen LogP contribution in [0.25, 0.3) is 0 Å². The van der Waals surface area contributed by atoms with Crippen LogP contribution in [0.15, 0.2) is 61.8 Å². The molecule has 0 radical (unpaired) electrons. The van der Waals surface area contributed by atoms with Gasteiger partial charge in [0.2, 0.25) is 0 Å². The first-order valence-electron chi connectivity index (χ1n) is 9.98. The minimum absolute atomic E-state index is 0.161. The number of aliphatic carboxylic acids is 2. The van der Waals surface area contributed by atoms with Gasteiger partial charge in [0, 0.05) is 17.8 Å². The molecule has 0 aromatic rings. The maximum atomic E-state index is 9.60. The summed E-state index contributed by atoms with van der Waals surface area (Å²) in [4.78, 5) is 19.2. The molecular weight excluding hydrogens is 384 g/mol. The molecule has 0 aromatic heterocycles. The quantitative estimate of drug-likeness (QED) is 0.180. The van der Waals surface area contributed by atoms with Crippen molar-refractivity contribution in [2.24, 2.45) is 0 Å². The number of unbranched alkanes of at least 4 members (excludes halogenated alkanes) is 6. The molecule has 0 heterocycles. The van der Waals surface area contributed by atoms with Crippen molar-refractivity contribution in [2.45, 2.75) is 65.2 Å². The smallest absolute Gasteiger partial charge is 0.330 e. The minimum atomic E-state index is -0.935. The molecule has 6 heteroatoms. The molecule has 0 spiro atoms. The summed E-state index contributed by atoms with van der Waals surface area (Å²) in [5.41, 5.74) is 0.352. The van der Waals surface area contributed by atoms with Crippen molar-refractivity contribution >= 4 is 11.9 Å². The van der Waals surface area contributed by atoms with Crippen LogP contribution in [0.3, 0.4) is 0 Å². The highest BCUT2D eigenvalue weighted by Gasteiger charge is 1.90. The molecule has 0 aromatic carbocycles. The van der Waals surface area contributed by atoms with Crippen LogP contribution < -0.4 is 0 Å². The molecule has 0 aliphatic carbocycles. The molecule has 0 unspecified atom stereocenters. The van der Waals surface area contributed by atoms with E-state index in [0.29, 0.717) is 6.61 Å². The molecular formula is C24H42O6. The summed E-state index contributed by atoms with van der Waals surface area (Å²) in [7, 11) is 0. The Kier molecular flexibility index (Phi) is 36.5. The van der Waals surface area contributed by atoms with E-state index in [0.717, 1.165) is 38.5 Å². The van der Waals surface area contributed by atoms with Gasteiger partial charge in [0.15, 0.2) is 0 Å². The van der Waals surface area contributed by atoms with Gasteiger partial charge in [-0.1, -0.05) is 50.3 Å². The van der Waals surface area contributed by atoms with E-state index in [1.54, 1.807) is 6.08 Å². The summed E-state index contributed by atoms with van der Waals surface area (Å²) in [6.07, 6.45) is 16.5. The first kappa shape index (κ1) is 35.0. The lowest BCUT2D eigenvalue weighted by atomic mass is 10.1. The average molecular weight is 427 g/mol. The van der Waals surface area contributed by atoms with Crippen molar-refractivity contribution in [1.29, 1.82) is 0 Å². The third-order valence-corrected chi connectivity index (χ3v) is 3.10. The average Bonchev–Trinajstić information content (AvgIpc) is 2.69. The van der Waals surface area contributed by atoms with Gasteiger partial charge in [-0.05, 0) is 52.4 Å². The van der Waals surface area contributed by atoms with E-state index >= 15 is 0 Å². The minimum Gasteiger partial charge on any atom is -0.478 e. The topological polar surface area (TPSA) is 115 Å². The van der Waals surface area contributed by atoms with Crippen LogP contribution in [0.4, 0.5) is 0 Å². The largest absolute Gasteiger partial charge is 0.478 e. The molecule has 0 saturated carbocycles. The van der Waals surface area contributed by atoms with Crippen molar-refractivity contribution in [1.82, 2.24) is 0 Å². The van der Waals surface area contributed by atoms with Gasteiger partial charge in [-0.25, -0.2) is 9.59 Å². The summed E-state index contributed by atoms with van der Waals surface area (Å²) in [5, 5.41) is 32.5. The highest BCUT2D eigenvalue weighted by atomic mass is 16.4. The Bertz CT molecular complexity index is 444. The van der Waals surface area contributed by atoms with Crippen LogP contribution in [0.2, 0.25) is 0 Å². The zero-order valence-corrected chi connectivity index (χ0v) is 18.8. The Morgan fingerprint density at radius 1 is 0.700 bits per heavy atom. The number of hydrogen-bond acceptors (Lipinski definition) is 4. The number of aliphatic hydroxyl groups excluding tert-OH is 2. The number of hydrogen-bond donors (Lipinski definition) is 4. The van der Waals surface area contributed by atoms with Gasteiger partial charge < -0.3 is 20.4 Å². The molecule has 0 saturated heterocycles. The Balaban J connectivity index is -0.000000153. The molecule has 0 aliphatic heterocycles. The first-order chi connectivity index (χ1) is 14.1. The number of aliphatic hydroxyl groups is 2. The number of allylic oxidation sites excluding steroid dienone is 3. The van der Waals surface area contributed by atoms with Crippen LogP contribution >= 0.6 is 0 Å². The van der Waals surface area contributed by atoms with Crippen LogP contribution in [0.1, 0.15) is 65.2 Å². The van der Waals surface area contributed by atoms with Crippen molar-refractivity contribution in [2.75, 3.05) is 13.2 Å². The predicted molar refractivity (Wildman–Crippen MR) is 126 cm³/mol.